The van der Waals surface area contributed by atoms with E-state index in [-0.39, 0.29) is 30.8 Å². The van der Waals surface area contributed by atoms with E-state index >= 15 is 0 Å². The van der Waals surface area contributed by atoms with Gasteiger partial charge in [0.25, 0.3) is 0 Å². The molecular formula is C12H14Cl4N6. The highest BCUT2D eigenvalue weighted by Gasteiger charge is 2.10. The molecule has 2 aromatic rings. The van der Waals surface area contributed by atoms with Crippen molar-refractivity contribution < 1.29 is 0 Å². The van der Waals surface area contributed by atoms with Gasteiger partial charge in [0.05, 0.1) is 23.6 Å². The summed E-state index contributed by atoms with van der Waals surface area (Å²) in [6.07, 6.45) is 5.12. The zero-order valence-corrected chi connectivity index (χ0v) is 14.3. The first-order valence-electron chi connectivity index (χ1n) is 5.64. The zero-order chi connectivity index (χ0) is 14.5. The summed E-state index contributed by atoms with van der Waals surface area (Å²) in [6, 6.07) is 5.12. The summed E-state index contributed by atoms with van der Waals surface area (Å²) >= 11 is 12.1. The molecule has 0 amide bonds. The van der Waals surface area contributed by atoms with Gasteiger partial charge < -0.3 is 10.3 Å². The molecule has 120 valence electrons. The lowest BCUT2D eigenvalue weighted by Crippen LogP contribution is -2.28. The van der Waals surface area contributed by atoms with Crippen molar-refractivity contribution in [3.05, 3.63) is 52.5 Å². The van der Waals surface area contributed by atoms with E-state index in [1.165, 1.54) is 0 Å². The number of hydrazone groups is 1. The number of guanidine groups is 1. The average molecular weight is 384 g/mol. The third-order valence-electron chi connectivity index (χ3n) is 2.44. The van der Waals surface area contributed by atoms with Crippen LogP contribution in [0.4, 0.5) is 0 Å². The number of imidazole rings is 1. The third-order valence-corrected chi connectivity index (χ3v) is 2.99. The Balaban J connectivity index is 0.00000220. The molecule has 1 aromatic carbocycles. The van der Waals surface area contributed by atoms with Crippen LogP contribution < -0.4 is 11.2 Å². The summed E-state index contributed by atoms with van der Waals surface area (Å²) in [5.74, 6) is -0.252. The highest BCUT2D eigenvalue weighted by molar-refractivity contribution is 6.37. The number of nitrogens with zero attached hydrogens (tertiary/aromatic N) is 3. The molecule has 0 unspecified atom stereocenters. The molecule has 0 saturated heterocycles. The van der Waals surface area contributed by atoms with Gasteiger partial charge in [-0.25, -0.2) is 10.4 Å². The Morgan fingerprint density at radius 1 is 1.36 bits per heavy atom. The van der Waals surface area contributed by atoms with Crippen LogP contribution >= 0.6 is 48.0 Å². The quantitative estimate of drug-likeness (QED) is 0.430. The summed E-state index contributed by atoms with van der Waals surface area (Å²) in [7, 11) is 0. The van der Waals surface area contributed by atoms with E-state index in [1.807, 2.05) is 4.57 Å². The average Bonchev–Trinajstić information content (AvgIpc) is 2.87. The van der Waals surface area contributed by atoms with Crippen LogP contribution in [0.25, 0.3) is 0 Å². The summed E-state index contributed by atoms with van der Waals surface area (Å²) in [5, 5.41) is 12.3. The molecule has 0 bridgehead atoms. The second kappa shape index (κ2) is 9.53. The molecule has 0 fully saturated rings. The minimum Gasteiger partial charge on any atom is -0.369 e. The Hall–Kier alpha value is -1.47. The van der Waals surface area contributed by atoms with E-state index in [1.54, 1.807) is 36.9 Å². The highest BCUT2D eigenvalue weighted by Crippen LogP contribution is 2.22. The van der Waals surface area contributed by atoms with Gasteiger partial charge in [0.15, 0.2) is 0 Å². The van der Waals surface area contributed by atoms with E-state index < -0.39 is 0 Å². The standard InChI is InChI=1S/C12H12Cl2N6.2ClH/c13-8-1-2-9(10(14)5-8)11(18-19-12(15)16)6-20-4-3-17-7-20;;/h1-5,7H,6H2,(H4,15,16,19);2*1H. The maximum absolute atomic E-state index is 7.17. The normalized spacial score (nSPS) is 10.4. The molecule has 10 heteroatoms. The first-order valence-corrected chi connectivity index (χ1v) is 6.39. The molecule has 1 heterocycles. The smallest absolute Gasteiger partial charge is 0.206 e. The summed E-state index contributed by atoms with van der Waals surface area (Å²) < 4.78 is 1.82. The largest absolute Gasteiger partial charge is 0.369 e. The first-order chi connectivity index (χ1) is 9.56. The fraction of sp³-hybridized carbons (Fsp3) is 0.0833. The number of nitrogens with two attached hydrogens (primary N) is 1. The maximum Gasteiger partial charge on any atom is 0.206 e. The monoisotopic (exact) mass is 382 g/mol. The predicted molar refractivity (Wildman–Crippen MR) is 94.8 cm³/mol. The van der Waals surface area contributed by atoms with Crippen LogP contribution in [0, 0.1) is 5.41 Å². The fourth-order valence-corrected chi connectivity index (χ4v) is 2.10. The Bertz CT molecular complexity index is 641. The third kappa shape index (κ3) is 5.73. The van der Waals surface area contributed by atoms with E-state index in [9.17, 15) is 0 Å². The number of hydrogen-bond donors (Lipinski definition) is 3. The van der Waals surface area contributed by atoms with Crippen LogP contribution in [0.5, 0.6) is 0 Å². The molecule has 22 heavy (non-hydrogen) atoms. The number of nitrogens with one attached hydrogen (secondary N) is 2. The van der Waals surface area contributed by atoms with Crippen molar-refractivity contribution in [3.8, 4) is 0 Å². The lowest BCUT2D eigenvalue weighted by Gasteiger charge is -2.10. The lowest BCUT2D eigenvalue weighted by molar-refractivity contribution is 0.837. The van der Waals surface area contributed by atoms with Crippen molar-refractivity contribution in [2.24, 2.45) is 10.8 Å². The molecule has 6 nitrogen and oxygen atoms in total. The lowest BCUT2D eigenvalue weighted by atomic mass is 10.1. The summed E-state index contributed by atoms with van der Waals surface area (Å²) in [5.41, 5.74) is 8.99. The van der Waals surface area contributed by atoms with E-state index in [4.69, 9.17) is 34.3 Å². The molecule has 0 radical (unpaired) electrons. The first kappa shape index (κ1) is 20.5. The molecule has 0 spiro atoms. The number of rotatable bonds is 4. The van der Waals surface area contributed by atoms with Gasteiger partial charge in [0.1, 0.15) is 0 Å². The van der Waals surface area contributed by atoms with Crippen molar-refractivity contribution in [1.29, 1.82) is 5.41 Å². The predicted octanol–water partition coefficient (Wildman–Crippen LogP) is 2.92. The zero-order valence-electron chi connectivity index (χ0n) is 11.2. The van der Waals surface area contributed by atoms with Crippen molar-refractivity contribution in [2.75, 3.05) is 0 Å². The SMILES string of the molecule is Cl.Cl.N=C(N)NN=C(Cn1ccnc1)c1ccc(Cl)cc1Cl. The molecule has 0 aliphatic heterocycles. The maximum atomic E-state index is 7.17. The Labute approximate surface area is 150 Å². The molecule has 0 aliphatic carbocycles. The number of hydrogen-bond acceptors (Lipinski definition) is 3. The minimum absolute atomic E-state index is 0. The molecule has 1 aromatic heterocycles. The minimum atomic E-state index is -0.252. The molecular weight excluding hydrogens is 370 g/mol. The van der Waals surface area contributed by atoms with Gasteiger partial charge in [0.2, 0.25) is 5.96 Å². The second-order valence-electron chi connectivity index (χ2n) is 3.94. The van der Waals surface area contributed by atoms with Crippen LogP contribution in [0.3, 0.4) is 0 Å². The van der Waals surface area contributed by atoms with Crippen molar-refractivity contribution >= 4 is 59.7 Å². The summed E-state index contributed by atoms with van der Waals surface area (Å²) in [6.45, 7) is 0.432. The van der Waals surface area contributed by atoms with Crippen LogP contribution in [-0.2, 0) is 6.54 Å². The van der Waals surface area contributed by atoms with Gasteiger partial charge in [-0.15, -0.1) is 24.8 Å². The van der Waals surface area contributed by atoms with Crippen LogP contribution in [-0.4, -0.2) is 21.2 Å². The van der Waals surface area contributed by atoms with Gasteiger partial charge >= 0.3 is 0 Å². The van der Waals surface area contributed by atoms with Gasteiger partial charge in [-0.1, -0.05) is 29.3 Å². The highest BCUT2D eigenvalue weighted by atomic mass is 35.5. The van der Waals surface area contributed by atoms with Crippen LogP contribution in [0.1, 0.15) is 5.56 Å². The number of benzene rings is 1. The fourth-order valence-electron chi connectivity index (χ4n) is 1.59. The molecule has 0 aliphatic rings. The molecule has 0 atom stereocenters. The summed E-state index contributed by atoms with van der Waals surface area (Å²) in [4.78, 5) is 3.97. The van der Waals surface area contributed by atoms with Gasteiger partial charge in [-0.3, -0.25) is 5.41 Å². The van der Waals surface area contributed by atoms with E-state index in [0.29, 0.717) is 27.9 Å². The van der Waals surface area contributed by atoms with E-state index in [0.717, 1.165) is 0 Å². The van der Waals surface area contributed by atoms with E-state index in [2.05, 4.69) is 15.5 Å². The molecule has 4 N–H and O–H groups in total. The van der Waals surface area contributed by atoms with Crippen molar-refractivity contribution in [2.45, 2.75) is 6.54 Å². The van der Waals surface area contributed by atoms with Crippen molar-refractivity contribution in [1.82, 2.24) is 15.0 Å². The Morgan fingerprint density at radius 3 is 2.64 bits per heavy atom. The molecule has 0 saturated carbocycles. The topological polar surface area (TPSA) is 92.1 Å². The van der Waals surface area contributed by atoms with Gasteiger partial charge in [-0.05, 0) is 12.1 Å². The second-order valence-corrected chi connectivity index (χ2v) is 4.79. The Kier molecular flexibility index (Phi) is 8.89. The number of halogens is 4. The van der Waals surface area contributed by atoms with Gasteiger partial charge in [-0.2, -0.15) is 5.10 Å². The number of aromatic nitrogens is 2. The Morgan fingerprint density at radius 2 is 2.09 bits per heavy atom. The van der Waals surface area contributed by atoms with Crippen LogP contribution in [0.15, 0.2) is 42.0 Å². The van der Waals surface area contributed by atoms with Crippen molar-refractivity contribution in [3.63, 3.8) is 0 Å². The van der Waals surface area contributed by atoms with Crippen LogP contribution in [0.2, 0.25) is 10.0 Å². The molecule has 2 rings (SSSR count). The van der Waals surface area contributed by atoms with Gasteiger partial charge in [0, 0.05) is 23.0 Å².